The minimum Gasteiger partial charge on any atom is -0.353 e. The molecule has 2 aromatic heterocycles. The van der Waals surface area contributed by atoms with Crippen LogP contribution < -0.4 is 5.32 Å². The van der Waals surface area contributed by atoms with E-state index in [-0.39, 0.29) is 5.91 Å². The van der Waals surface area contributed by atoms with Crippen molar-refractivity contribution >= 4 is 11.6 Å². The Kier molecular flexibility index (Phi) is 3.00. The number of hydrogen-bond acceptors (Lipinski definition) is 2. The monoisotopic (exact) mass is 243 g/mol. The SMILES string of the molecule is O=C(Cc1cn2ccccc2n1)NC1CCCC1. The summed E-state index contributed by atoms with van der Waals surface area (Å²) in [5.74, 6) is 0.0882. The van der Waals surface area contributed by atoms with Crippen LogP contribution in [0.5, 0.6) is 0 Å². The topological polar surface area (TPSA) is 46.4 Å². The summed E-state index contributed by atoms with van der Waals surface area (Å²) in [6.07, 6.45) is 8.95. The first kappa shape index (κ1) is 11.3. The van der Waals surface area contributed by atoms with Crippen molar-refractivity contribution in [1.29, 1.82) is 0 Å². The van der Waals surface area contributed by atoms with E-state index in [0.717, 1.165) is 24.2 Å². The second kappa shape index (κ2) is 4.80. The number of nitrogens with zero attached hydrogens (tertiary/aromatic N) is 2. The molecule has 0 bridgehead atoms. The number of nitrogens with one attached hydrogen (secondary N) is 1. The molecule has 0 radical (unpaired) electrons. The Balaban J connectivity index is 1.66. The Morgan fingerprint density at radius 1 is 1.39 bits per heavy atom. The molecular weight excluding hydrogens is 226 g/mol. The van der Waals surface area contributed by atoms with Gasteiger partial charge in [-0.3, -0.25) is 4.79 Å². The first-order valence-corrected chi connectivity index (χ1v) is 6.53. The van der Waals surface area contributed by atoms with Crippen molar-refractivity contribution in [3.05, 3.63) is 36.3 Å². The minimum absolute atomic E-state index is 0.0882. The van der Waals surface area contributed by atoms with Crippen molar-refractivity contribution in [3.8, 4) is 0 Å². The smallest absolute Gasteiger partial charge is 0.226 e. The van der Waals surface area contributed by atoms with Gasteiger partial charge in [0.1, 0.15) is 5.65 Å². The van der Waals surface area contributed by atoms with Crippen LogP contribution >= 0.6 is 0 Å². The Hall–Kier alpha value is -1.84. The molecule has 94 valence electrons. The first-order chi connectivity index (χ1) is 8.81. The number of pyridine rings is 1. The van der Waals surface area contributed by atoms with E-state index in [4.69, 9.17) is 0 Å². The standard InChI is InChI=1S/C14H17N3O/c18-14(16-11-5-1-2-6-11)9-12-10-17-8-4-3-7-13(17)15-12/h3-4,7-8,10-11H,1-2,5-6,9H2,(H,16,18). The van der Waals surface area contributed by atoms with Crippen LogP contribution in [-0.4, -0.2) is 21.3 Å². The molecule has 0 aliphatic heterocycles. The van der Waals surface area contributed by atoms with Crippen LogP contribution in [0.15, 0.2) is 30.6 Å². The van der Waals surface area contributed by atoms with Crippen LogP contribution in [0.4, 0.5) is 0 Å². The lowest BCUT2D eigenvalue weighted by Gasteiger charge is -2.10. The zero-order chi connectivity index (χ0) is 12.4. The Bertz CT molecular complexity index is 522. The molecule has 1 N–H and O–H groups in total. The number of hydrogen-bond donors (Lipinski definition) is 1. The van der Waals surface area contributed by atoms with E-state index in [2.05, 4.69) is 10.3 Å². The highest BCUT2D eigenvalue weighted by Crippen LogP contribution is 2.17. The van der Waals surface area contributed by atoms with Crippen LogP contribution in [0.2, 0.25) is 0 Å². The number of rotatable bonds is 3. The van der Waals surface area contributed by atoms with Crippen molar-refractivity contribution in [2.75, 3.05) is 0 Å². The van der Waals surface area contributed by atoms with Gasteiger partial charge in [-0.2, -0.15) is 0 Å². The lowest BCUT2D eigenvalue weighted by atomic mass is 10.2. The van der Waals surface area contributed by atoms with Crippen LogP contribution in [0.3, 0.4) is 0 Å². The molecule has 4 heteroatoms. The van der Waals surface area contributed by atoms with Gasteiger partial charge in [0.2, 0.25) is 5.91 Å². The maximum atomic E-state index is 11.9. The van der Waals surface area contributed by atoms with Crippen molar-refractivity contribution in [2.45, 2.75) is 38.1 Å². The average Bonchev–Trinajstić information content (AvgIpc) is 2.96. The second-order valence-electron chi connectivity index (χ2n) is 4.92. The number of aromatic nitrogens is 2. The first-order valence-electron chi connectivity index (χ1n) is 6.53. The highest BCUT2D eigenvalue weighted by molar-refractivity contribution is 5.78. The molecule has 1 aliphatic rings. The van der Waals surface area contributed by atoms with Crippen LogP contribution in [0.1, 0.15) is 31.4 Å². The minimum atomic E-state index is 0.0882. The Morgan fingerprint density at radius 3 is 3.00 bits per heavy atom. The summed E-state index contributed by atoms with van der Waals surface area (Å²) in [4.78, 5) is 16.3. The van der Waals surface area contributed by atoms with Gasteiger partial charge < -0.3 is 9.72 Å². The van der Waals surface area contributed by atoms with Crippen LogP contribution in [-0.2, 0) is 11.2 Å². The summed E-state index contributed by atoms with van der Waals surface area (Å²) in [6, 6.07) is 6.23. The van der Waals surface area contributed by atoms with Crippen LogP contribution in [0.25, 0.3) is 5.65 Å². The molecule has 1 aliphatic carbocycles. The molecule has 1 saturated carbocycles. The molecule has 0 aromatic carbocycles. The quantitative estimate of drug-likeness (QED) is 0.895. The molecular formula is C14H17N3O. The molecule has 1 amide bonds. The maximum Gasteiger partial charge on any atom is 0.226 e. The molecule has 4 nitrogen and oxygen atoms in total. The zero-order valence-corrected chi connectivity index (χ0v) is 10.3. The summed E-state index contributed by atoms with van der Waals surface area (Å²) >= 11 is 0. The van der Waals surface area contributed by atoms with Gasteiger partial charge >= 0.3 is 0 Å². The van der Waals surface area contributed by atoms with E-state index in [1.807, 2.05) is 35.0 Å². The van der Waals surface area contributed by atoms with Crippen LogP contribution in [0, 0.1) is 0 Å². The molecule has 18 heavy (non-hydrogen) atoms. The lowest BCUT2D eigenvalue weighted by molar-refractivity contribution is -0.121. The fraction of sp³-hybridized carbons (Fsp3) is 0.429. The van der Waals surface area contributed by atoms with E-state index in [1.54, 1.807) is 0 Å². The van der Waals surface area contributed by atoms with Gasteiger partial charge in [-0.25, -0.2) is 4.98 Å². The fourth-order valence-electron chi connectivity index (χ4n) is 2.59. The third kappa shape index (κ3) is 2.37. The number of fused-ring (bicyclic) bond motifs is 1. The van der Waals surface area contributed by atoms with Gasteiger partial charge in [0, 0.05) is 18.4 Å². The summed E-state index contributed by atoms with van der Waals surface area (Å²) in [6.45, 7) is 0. The molecule has 3 rings (SSSR count). The normalized spacial score (nSPS) is 16.2. The molecule has 2 aromatic rings. The average molecular weight is 243 g/mol. The summed E-state index contributed by atoms with van der Waals surface area (Å²) < 4.78 is 1.94. The summed E-state index contributed by atoms with van der Waals surface area (Å²) in [5, 5.41) is 3.08. The zero-order valence-electron chi connectivity index (χ0n) is 10.3. The predicted molar refractivity (Wildman–Crippen MR) is 69.3 cm³/mol. The third-order valence-electron chi connectivity index (χ3n) is 3.48. The molecule has 0 atom stereocenters. The predicted octanol–water partition coefficient (Wildman–Crippen LogP) is 1.94. The lowest BCUT2D eigenvalue weighted by Crippen LogP contribution is -2.33. The van der Waals surface area contributed by atoms with E-state index >= 15 is 0 Å². The molecule has 2 heterocycles. The summed E-state index contributed by atoms with van der Waals surface area (Å²) in [7, 11) is 0. The van der Waals surface area contributed by atoms with E-state index in [9.17, 15) is 4.79 Å². The highest BCUT2D eigenvalue weighted by Gasteiger charge is 2.17. The van der Waals surface area contributed by atoms with E-state index < -0.39 is 0 Å². The van der Waals surface area contributed by atoms with Gasteiger partial charge in [-0.15, -0.1) is 0 Å². The molecule has 0 unspecified atom stereocenters. The third-order valence-corrected chi connectivity index (χ3v) is 3.48. The number of carbonyl (C=O) groups excluding carboxylic acids is 1. The maximum absolute atomic E-state index is 11.9. The van der Waals surface area contributed by atoms with Gasteiger partial charge in [0.25, 0.3) is 0 Å². The van der Waals surface area contributed by atoms with Crippen molar-refractivity contribution in [1.82, 2.24) is 14.7 Å². The largest absolute Gasteiger partial charge is 0.353 e. The number of amides is 1. The highest BCUT2D eigenvalue weighted by atomic mass is 16.1. The van der Waals surface area contributed by atoms with Gasteiger partial charge in [0.05, 0.1) is 12.1 Å². The van der Waals surface area contributed by atoms with Crippen molar-refractivity contribution in [3.63, 3.8) is 0 Å². The fourth-order valence-corrected chi connectivity index (χ4v) is 2.59. The Morgan fingerprint density at radius 2 is 2.22 bits per heavy atom. The Labute approximate surface area is 106 Å². The van der Waals surface area contributed by atoms with Gasteiger partial charge in [-0.05, 0) is 25.0 Å². The second-order valence-corrected chi connectivity index (χ2v) is 4.92. The van der Waals surface area contributed by atoms with Gasteiger partial charge in [-0.1, -0.05) is 18.9 Å². The van der Waals surface area contributed by atoms with E-state index in [1.165, 1.54) is 12.8 Å². The molecule has 0 saturated heterocycles. The van der Waals surface area contributed by atoms with E-state index in [0.29, 0.717) is 12.5 Å². The molecule has 0 spiro atoms. The van der Waals surface area contributed by atoms with Gasteiger partial charge in [0.15, 0.2) is 0 Å². The summed E-state index contributed by atoms with van der Waals surface area (Å²) in [5.41, 5.74) is 1.72. The van der Waals surface area contributed by atoms with Crippen molar-refractivity contribution < 1.29 is 4.79 Å². The molecule has 1 fully saturated rings. The number of carbonyl (C=O) groups is 1. The van der Waals surface area contributed by atoms with Crippen molar-refractivity contribution in [2.24, 2.45) is 0 Å². The number of imidazole rings is 1.